The molecule has 22 heavy (non-hydrogen) atoms. The van der Waals surface area contributed by atoms with Crippen LogP contribution in [0.15, 0.2) is 51.9 Å². The topological polar surface area (TPSA) is 48.7 Å². The van der Waals surface area contributed by atoms with Crippen molar-refractivity contribution in [3.63, 3.8) is 0 Å². The molecule has 0 radical (unpaired) electrons. The van der Waals surface area contributed by atoms with Crippen molar-refractivity contribution in [3.05, 3.63) is 56.5 Å². The predicted molar refractivity (Wildman–Crippen MR) is 93.7 cm³/mol. The summed E-state index contributed by atoms with van der Waals surface area (Å²) in [6.45, 7) is 0. The Morgan fingerprint density at radius 2 is 1.73 bits per heavy atom. The van der Waals surface area contributed by atoms with Gasteiger partial charge in [-0.05, 0) is 52.4 Å². The van der Waals surface area contributed by atoms with Crippen LogP contribution in [-0.2, 0) is 0 Å². The van der Waals surface area contributed by atoms with E-state index < -0.39 is 0 Å². The van der Waals surface area contributed by atoms with Crippen LogP contribution >= 0.6 is 22.6 Å². The average Bonchev–Trinajstić information content (AvgIpc) is 2.55. The van der Waals surface area contributed by atoms with Gasteiger partial charge in [0.05, 0.1) is 25.2 Å². The molecule has 0 N–H and O–H groups in total. The fourth-order valence-corrected chi connectivity index (χ4v) is 2.70. The lowest BCUT2D eigenvalue weighted by Gasteiger charge is -2.10. The van der Waals surface area contributed by atoms with Crippen molar-refractivity contribution in [1.29, 1.82) is 0 Å². The Labute approximate surface area is 140 Å². The highest BCUT2D eigenvalue weighted by molar-refractivity contribution is 14.1. The predicted octanol–water partition coefficient (Wildman–Crippen LogP) is 4.08. The molecule has 4 nitrogen and oxygen atoms in total. The smallest absolute Gasteiger partial charge is 0.204 e. The van der Waals surface area contributed by atoms with Crippen molar-refractivity contribution in [3.8, 4) is 22.6 Å². The van der Waals surface area contributed by atoms with Crippen LogP contribution in [0.4, 0.5) is 0 Å². The third kappa shape index (κ3) is 2.45. The Balaban J connectivity index is 2.27. The molecular weight excluding hydrogens is 395 g/mol. The second-order valence-electron chi connectivity index (χ2n) is 4.66. The molecule has 3 aromatic rings. The van der Waals surface area contributed by atoms with Crippen LogP contribution in [0.1, 0.15) is 0 Å². The summed E-state index contributed by atoms with van der Waals surface area (Å²) in [6.07, 6.45) is 1.47. The number of hydrogen-bond acceptors (Lipinski definition) is 4. The normalized spacial score (nSPS) is 10.7. The van der Waals surface area contributed by atoms with Gasteiger partial charge in [0.1, 0.15) is 6.26 Å². The van der Waals surface area contributed by atoms with Gasteiger partial charge in [0.15, 0.2) is 11.3 Å². The Morgan fingerprint density at radius 3 is 2.36 bits per heavy atom. The summed E-state index contributed by atoms with van der Waals surface area (Å²) in [5, 5.41) is 0.466. The summed E-state index contributed by atoms with van der Waals surface area (Å²) >= 11 is 2.22. The highest BCUT2D eigenvalue weighted by atomic mass is 127. The molecule has 0 unspecified atom stereocenters. The van der Waals surface area contributed by atoms with Crippen LogP contribution in [0.3, 0.4) is 0 Å². The molecule has 0 aliphatic heterocycles. The monoisotopic (exact) mass is 408 g/mol. The van der Waals surface area contributed by atoms with Gasteiger partial charge in [0, 0.05) is 3.57 Å². The van der Waals surface area contributed by atoms with E-state index in [0.717, 1.165) is 9.13 Å². The zero-order chi connectivity index (χ0) is 15.7. The summed E-state index contributed by atoms with van der Waals surface area (Å²) in [6, 6.07) is 11.1. The van der Waals surface area contributed by atoms with E-state index in [4.69, 9.17) is 13.9 Å². The Bertz CT molecular complexity index is 882. The molecule has 5 heteroatoms. The van der Waals surface area contributed by atoms with E-state index >= 15 is 0 Å². The molecule has 0 fully saturated rings. The molecule has 0 bridgehead atoms. The van der Waals surface area contributed by atoms with E-state index in [2.05, 4.69) is 22.6 Å². The van der Waals surface area contributed by atoms with E-state index in [0.29, 0.717) is 28.0 Å². The number of halogens is 1. The molecule has 0 aliphatic carbocycles. The van der Waals surface area contributed by atoms with E-state index in [-0.39, 0.29) is 5.43 Å². The largest absolute Gasteiger partial charge is 0.493 e. The maximum absolute atomic E-state index is 12.7. The lowest BCUT2D eigenvalue weighted by Crippen LogP contribution is -2.06. The molecule has 0 aliphatic rings. The van der Waals surface area contributed by atoms with Crippen molar-refractivity contribution in [1.82, 2.24) is 0 Å². The minimum absolute atomic E-state index is 0.0941. The van der Waals surface area contributed by atoms with Crippen LogP contribution in [0, 0.1) is 3.57 Å². The molecule has 0 saturated carbocycles. The van der Waals surface area contributed by atoms with Crippen LogP contribution in [0.2, 0.25) is 0 Å². The number of hydrogen-bond donors (Lipinski definition) is 0. The summed E-state index contributed by atoms with van der Waals surface area (Å²) in [4.78, 5) is 12.7. The number of methoxy groups -OCH3 is 2. The third-order valence-corrected chi connectivity index (χ3v) is 4.16. The molecule has 1 heterocycles. The van der Waals surface area contributed by atoms with Gasteiger partial charge in [0.25, 0.3) is 0 Å². The standard InChI is InChI=1S/C17H13IO4/c1-20-14-8-7-12-15(19)13(9-22-16(12)17(14)21-2)10-3-5-11(18)6-4-10/h3-9H,1-2H3. The Hall–Kier alpha value is -2.02. The van der Waals surface area contributed by atoms with Gasteiger partial charge < -0.3 is 13.9 Å². The van der Waals surface area contributed by atoms with Gasteiger partial charge in [-0.1, -0.05) is 12.1 Å². The molecular formula is C17H13IO4. The zero-order valence-corrected chi connectivity index (χ0v) is 14.2. The molecule has 0 saturated heterocycles. The lowest BCUT2D eigenvalue weighted by molar-refractivity contribution is 0.353. The zero-order valence-electron chi connectivity index (χ0n) is 12.1. The van der Waals surface area contributed by atoms with Gasteiger partial charge in [-0.2, -0.15) is 0 Å². The molecule has 0 amide bonds. The third-order valence-electron chi connectivity index (χ3n) is 3.44. The van der Waals surface area contributed by atoms with Gasteiger partial charge in [0.2, 0.25) is 11.2 Å². The molecule has 0 spiro atoms. The SMILES string of the molecule is COc1ccc2c(=O)c(-c3ccc(I)cc3)coc2c1OC. The number of benzene rings is 2. The molecule has 112 valence electrons. The molecule has 1 aromatic heterocycles. The average molecular weight is 408 g/mol. The van der Waals surface area contributed by atoms with Crippen molar-refractivity contribution in [2.24, 2.45) is 0 Å². The number of rotatable bonds is 3. The van der Waals surface area contributed by atoms with E-state index in [1.54, 1.807) is 19.2 Å². The number of fused-ring (bicyclic) bond motifs is 1. The fraction of sp³-hybridized carbons (Fsp3) is 0.118. The number of ether oxygens (including phenoxy) is 2. The van der Waals surface area contributed by atoms with Gasteiger partial charge in [-0.15, -0.1) is 0 Å². The minimum Gasteiger partial charge on any atom is -0.493 e. The van der Waals surface area contributed by atoms with E-state index in [1.165, 1.54) is 13.4 Å². The van der Waals surface area contributed by atoms with Crippen molar-refractivity contribution in [2.75, 3.05) is 14.2 Å². The summed E-state index contributed by atoms with van der Waals surface area (Å²) < 4.78 is 17.3. The van der Waals surface area contributed by atoms with Crippen LogP contribution in [0.5, 0.6) is 11.5 Å². The highest BCUT2D eigenvalue weighted by Gasteiger charge is 2.16. The quantitative estimate of drug-likeness (QED) is 0.613. The van der Waals surface area contributed by atoms with Gasteiger partial charge in [-0.25, -0.2) is 0 Å². The first-order valence-electron chi connectivity index (χ1n) is 6.58. The van der Waals surface area contributed by atoms with Crippen LogP contribution in [0.25, 0.3) is 22.1 Å². The summed E-state index contributed by atoms with van der Waals surface area (Å²) in [5.74, 6) is 0.950. The van der Waals surface area contributed by atoms with Crippen molar-refractivity contribution >= 4 is 33.6 Å². The first-order chi connectivity index (χ1) is 10.7. The molecule has 3 rings (SSSR count). The summed E-state index contributed by atoms with van der Waals surface area (Å²) in [5.41, 5.74) is 1.64. The lowest BCUT2D eigenvalue weighted by atomic mass is 10.1. The highest BCUT2D eigenvalue weighted by Crippen LogP contribution is 2.35. The second kappa shape index (κ2) is 6.00. The van der Waals surface area contributed by atoms with Crippen LogP contribution in [-0.4, -0.2) is 14.2 Å². The minimum atomic E-state index is -0.0941. The Morgan fingerprint density at radius 1 is 1.00 bits per heavy atom. The maximum atomic E-state index is 12.7. The van der Waals surface area contributed by atoms with E-state index in [9.17, 15) is 4.79 Å². The first kappa shape index (κ1) is 14.9. The van der Waals surface area contributed by atoms with Crippen molar-refractivity contribution in [2.45, 2.75) is 0 Å². The maximum Gasteiger partial charge on any atom is 0.204 e. The Kier molecular flexibility index (Phi) is 4.06. The molecule has 2 aromatic carbocycles. The van der Waals surface area contributed by atoms with Crippen LogP contribution < -0.4 is 14.9 Å². The van der Waals surface area contributed by atoms with Gasteiger partial charge in [-0.3, -0.25) is 4.79 Å². The summed E-state index contributed by atoms with van der Waals surface area (Å²) in [7, 11) is 3.06. The van der Waals surface area contributed by atoms with Crippen molar-refractivity contribution < 1.29 is 13.9 Å². The second-order valence-corrected chi connectivity index (χ2v) is 5.91. The van der Waals surface area contributed by atoms with E-state index in [1.807, 2.05) is 24.3 Å². The fourth-order valence-electron chi connectivity index (χ4n) is 2.34. The first-order valence-corrected chi connectivity index (χ1v) is 7.66. The molecule has 0 atom stereocenters. The van der Waals surface area contributed by atoms with Gasteiger partial charge >= 0.3 is 0 Å².